The largest absolute Gasteiger partial charge is 0.369 e. The maximum absolute atomic E-state index is 8.95. The van der Waals surface area contributed by atoms with Gasteiger partial charge < -0.3 is 10.2 Å². The minimum atomic E-state index is 0.525. The second kappa shape index (κ2) is 5.70. The predicted octanol–water partition coefficient (Wildman–Crippen LogP) is 2.14. The molecule has 17 heavy (non-hydrogen) atoms. The molecule has 1 fully saturated rings. The first-order valence-corrected chi connectivity index (χ1v) is 6.29. The van der Waals surface area contributed by atoms with E-state index in [1.165, 1.54) is 5.69 Å². The fourth-order valence-corrected chi connectivity index (χ4v) is 2.32. The van der Waals surface area contributed by atoms with Crippen molar-refractivity contribution < 1.29 is 0 Å². The molecule has 0 aliphatic carbocycles. The second-order valence-electron chi connectivity index (χ2n) is 4.60. The van der Waals surface area contributed by atoms with E-state index in [0.717, 1.165) is 38.0 Å². The lowest BCUT2D eigenvalue weighted by molar-refractivity contribution is 0.499. The summed E-state index contributed by atoms with van der Waals surface area (Å²) in [7, 11) is 0. The Morgan fingerprint density at radius 2 is 2.29 bits per heavy atom. The van der Waals surface area contributed by atoms with E-state index in [9.17, 15) is 0 Å². The van der Waals surface area contributed by atoms with Crippen molar-refractivity contribution in [2.24, 2.45) is 0 Å². The number of nitrogens with one attached hydrogen (secondary N) is 1. The van der Waals surface area contributed by atoms with Crippen LogP contribution in [0.3, 0.4) is 0 Å². The minimum Gasteiger partial charge on any atom is -0.369 e. The maximum atomic E-state index is 8.95. The zero-order chi connectivity index (χ0) is 12.1. The van der Waals surface area contributed by atoms with Gasteiger partial charge in [0.25, 0.3) is 0 Å². The molecule has 1 heterocycles. The van der Waals surface area contributed by atoms with Crippen molar-refractivity contribution in [1.29, 1.82) is 5.26 Å². The van der Waals surface area contributed by atoms with Gasteiger partial charge in [-0.25, -0.2) is 0 Å². The van der Waals surface area contributed by atoms with Crippen LogP contribution >= 0.6 is 0 Å². The van der Waals surface area contributed by atoms with Crippen LogP contribution in [0, 0.1) is 11.3 Å². The number of nitrogens with zero attached hydrogens (tertiary/aromatic N) is 2. The molecule has 0 bridgehead atoms. The van der Waals surface area contributed by atoms with Crippen molar-refractivity contribution in [3.05, 3.63) is 29.8 Å². The third-order valence-corrected chi connectivity index (χ3v) is 3.33. The van der Waals surface area contributed by atoms with Crippen molar-refractivity contribution in [1.82, 2.24) is 5.32 Å². The highest BCUT2D eigenvalue weighted by Gasteiger charge is 2.16. The first-order chi connectivity index (χ1) is 8.31. The average Bonchev–Trinajstić information content (AvgIpc) is 2.34. The van der Waals surface area contributed by atoms with Crippen molar-refractivity contribution in [2.45, 2.75) is 25.8 Å². The summed E-state index contributed by atoms with van der Waals surface area (Å²) < 4.78 is 0. The van der Waals surface area contributed by atoms with Gasteiger partial charge in [0.2, 0.25) is 0 Å². The van der Waals surface area contributed by atoms with Gasteiger partial charge in [0, 0.05) is 18.3 Å². The summed E-state index contributed by atoms with van der Waals surface area (Å²) in [6.07, 6.45) is 2.30. The molecule has 0 saturated carbocycles. The van der Waals surface area contributed by atoms with E-state index in [-0.39, 0.29) is 0 Å². The van der Waals surface area contributed by atoms with Crippen molar-refractivity contribution in [3.8, 4) is 6.07 Å². The van der Waals surface area contributed by atoms with E-state index in [4.69, 9.17) is 5.26 Å². The molecule has 0 aromatic heterocycles. The summed E-state index contributed by atoms with van der Waals surface area (Å²) >= 11 is 0. The molecule has 1 aliphatic heterocycles. The Morgan fingerprint density at radius 1 is 1.41 bits per heavy atom. The third-order valence-electron chi connectivity index (χ3n) is 3.33. The molecule has 1 N–H and O–H groups in total. The van der Waals surface area contributed by atoms with Gasteiger partial charge in [0.05, 0.1) is 11.6 Å². The molecule has 3 nitrogen and oxygen atoms in total. The highest BCUT2D eigenvalue weighted by Crippen LogP contribution is 2.20. The van der Waals surface area contributed by atoms with Crippen LogP contribution in [0.2, 0.25) is 0 Å². The molecule has 1 aromatic rings. The van der Waals surface area contributed by atoms with Gasteiger partial charge >= 0.3 is 0 Å². The molecule has 1 saturated heterocycles. The van der Waals surface area contributed by atoms with Gasteiger partial charge in [-0.1, -0.05) is 6.07 Å². The molecule has 90 valence electrons. The lowest BCUT2D eigenvalue weighted by atomic mass is 10.1. The Bertz CT molecular complexity index is 408. The summed E-state index contributed by atoms with van der Waals surface area (Å²) in [6.45, 7) is 5.48. The van der Waals surface area contributed by atoms with Crippen molar-refractivity contribution in [2.75, 3.05) is 24.5 Å². The molecule has 0 radical (unpaired) electrons. The third kappa shape index (κ3) is 2.98. The van der Waals surface area contributed by atoms with Crippen molar-refractivity contribution >= 4 is 5.69 Å². The number of rotatable bonds is 1. The van der Waals surface area contributed by atoms with Gasteiger partial charge in [0.1, 0.15) is 0 Å². The number of nitriles is 1. The molecule has 1 atom stereocenters. The summed E-state index contributed by atoms with van der Waals surface area (Å²) in [4.78, 5) is 2.42. The Hall–Kier alpha value is -1.53. The smallest absolute Gasteiger partial charge is 0.0992 e. The van der Waals surface area contributed by atoms with Gasteiger partial charge in [-0.2, -0.15) is 5.26 Å². The Kier molecular flexibility index (Phi) is 4.00. The first-order valence-electron chi connectivity index (χ1n) is 6.29. The van der Waals surface area contributed by atoms with Gasteiger partial charge in [-0.3, -0.25) is 0 Å². The lowest BCUT2D eigenvalue weighted by Crippen LogP contribution is -2.40. The number of benzene rings is 1. The summed E-state index contributed by atoms with van der Waals surface area (Å²) in [6, 6.07) is 10.7. The SMILES string of the molecule is CC1CCNCCCN1c1cccc(C#N)c1. The highest BCUT2D eigenvalue weighted by atomic mass is 15.2. The monoisotopic (exact) mass is 229 g/mol. The summed E-state index contributed by atoms with van der Waals surface area (Å²) in [5.41, 5.74) is 1.92. The molecular formula is C14H19N3. The van der Waals surface area contributed by atoms with Gasteiger partial charge in [0.15, 0.2) is 0 Å². The van der Waals surface area contributed by atoms with E-state index in [0.29, 0.717) is 6.04 Å². The van der Waals surface area contributed by atoms with E-state index in [1.807, 2.05) is 18.2 Å². The first kappa shape index (κ1) is 11.9. The molecule has 0 amide bonds. The van der Waals surface area contributed by atoms with Crippen LogP contribution in [-0.4, -0.2) is 25.7 Å². The van der Waals surface area contributed by atoms with E-state index >= 15 is 0 Å². The molecule has 1 aliphatic rings. The van der Waals surface area contributed by atoms with E-state index < -0.39 is 0 Å². The van der Waals surface area contributed by atoms with Crippen molar-refractivity contribution in [3.63, 3.8) is 0 Å². The Balaban J connectivity index is 2.19. The van der Waals surface area contributed by atoms with E-state index in [1.54, 1.807) is 0 Å². The van der Waals surface area contributed by atoms with Crippen LogP contribution in [0.15, 0.2) is 24.3 Å². The second-order valence-corrected chi connectivity index (χ2v) is 4.60. The molecular weight excluding hydrogens is 210 g/mol. The molecule has 1 unspecified atom stereocenters. The van der Waals surface area contributed by atoms with Crippen LogP contribution in [-0.2, 0) is 0 Å². The zero-order valence-electron chi connectivity index (χ0n) is 10.3. The zero-order valence-corrected chi connectivity index (χ0v) is 10.3. The number of hydrogen-bond donors (Lipinski definition) is 1. The topological polar surface area (TPSA) is 39.1 Å². The Morgan fingerprint density at radius 3 is 3.12 bits per heavy atom. The summed E-state index contributed by atoms with van der Waals surface area (Å²) in [5.74, 6) is 0. The molecule has 2 rings (SSSR count). The standard InChI is InChI=1S/C14H19N3/c1-12-6-8-16-7-3-9-17(12)14-5-2-4-13(10-14)11-15/h2,4-5,10,12,16H,3,6-9H2,1H3. The van der Waals surface area contributed by atoms with Crippen LogP contribution in [0.1, 0.15) is 25.3 Å². The van der Waals surface area contributed by atoms with E-state index in [2.05, 4.69) is 29.3 Å². The molecule has 1 aromatic carbocycles. The fraction of sp³-hybridized carbons (Fsp3) is 0.500. The normalized spacial score (nSPS) is 21.4. The highest BCUT2D eigenvalue weighted by molar-refractivity contribution is 5.52. The van der Waals surface area contributed by atoms with Gasteiger partial charge in [-0.15, -0.1) is 0 Å². The number of hydrogen-bond acceptors (Lipinski definition) is 3. The molecule has 3 heteroatoms. The van der Waals surface area contributed by atoms with Crippen LogP contribution in [0.25, 0.3) is 0 Å². The van der Waals surface area contributed by atoms with Gasteiger partial charge in [-0.05, 0) is 51.1 Å². The molecule has 0 spiro atoms. The lowest BCUT2D eigenvalue weighted by Gasteiger charge is -2.33. The minimum absolute atomic E-state index is 0.525. The quantitative estimate of drug-likeness (QED) is 0.802. The fourth-order valence-electron chi connectivity index (χ4n) is 2.32. The van der Waals surface area contributed by atoms with Crippen LogP contribution in [0.4, 0.5) is 5.69 Å². The summed E-state index contributed by atoms with van der Waals surface area (Å²) in [5, 5.41) is 12.4. The average molecular weight is 229 g/mol. The Labute approximate surface area is 103 Å². The predicted molar refractivity (Wildman–Crippen MR) is 70.1 cm³/mol. The van der Waals surface area contributed by atoms with Crippen LogP contribution in [0.5, 0.6) is 0 Å². The maximum Gasteiger partial charge on any atom is 0.0992 e. The van der Waals surface area contributed by atoms with Crippen LogP contribution < -0.4 is 10.2 Å². The number of anilines is 1.